The SMILES string of the molecule is CCCCN1CCN(c2ccc(F)cc2C2=CCC(C(C)(C)C)CC2)CC1.Cl. The van der Waals surface area contributed by atoms with E-state index in [0.717, 1.165) is 50.5 Å². The zero-order valence-corrected chi connectivity index (χ0v) is 19.0. The summed E-state index contributed by atoms with van der Waals surface area (Å²) in [6.07, 6.45) is 8.30. The molecule has 4 heteroatoms. The number of piperazine rings is 1. The lowest BCUT2D eigenvalue weighted by Crippen LogP contribution is -2.46. The molecule has 28 heavy (non-hydrogen) atoms. The number of hydrogen-bond acceptors (Lipinski definition) is 2. The van der Waals surface area contributed by atoms with Gasteiger partial charge in [-0.25, -0.2) is 4.39 Å². The van der Waals surface area contributed by atoms with Crippen LogP contribution < -0.4 is 4.90 Å². The van der Waals surface area contributed by atoms with E-state index >= 15 is 0 Å². The molecule has 2 aliphatic rings. The van der Waals surface area contributed by atoms with Crippen molar-refractivity contribution in [3.05, 3.63) is 35.7 Å². The lowest BCUT2D eigenvalue weighted by molar-refractivity contribution is 0.225. The molecule has 0 radical (unpaired) electrons. The van der Waals surface area contributed by atoms with Crippen molar-refractivity contribution in [1.82, 2.24) is 4.90 Å². The van der Waals surface area contributed by atoms with Crippen molar-refractivity contribution in [3.63, 3.8) is 0 Å². The quantitative estimate of drug-likeness (QED) is 0.556. The van der Waals surface area contributed by atoms with Gasteiger partial charge in [-0.3, -0.25) is 4.90 Å². The van der Waals surface area contributed by atoms with Gasteiger partial charge in [-0.05, 0) is 67.3 Å². The number of halogens is 2. The fraction of sp³-hybridized carbons (Fsp3) is 0.667. The van der Waals surface area contributed by atoms with Crippen LogP contribution in [0.2, 0.25) is 0 Å². The molecule has 0 bridgehead atoms. The average Bonchev–Trinajstić information content (AvgIpc) is 2.66. The first kappa shape index (κ1) is 23.2. The minimum atomic E-state index is -0.117. The maximum atomic E-state index is 14.1. The van der Waals surface area contributed by atoms with Crippen LogP contribution in [0, 0.1) is 17.2 Å². The predicted octanol–water partition coefficient (Wildman–Crippen LogP) is 6.40. The molecule has 158 valence electrons. The van der Waals surface area contributed by atoms with Crippen molar-refractivity contribution in [3.8, 4) is 0 Å². The Morgan fingerprint density at radius 3 is 2.39 bits per heavy atom. The van der Waals surface area contributed by atoms with Gasteiger partial charge in [-0.2, -0.15) is 0 Å². The van der Waals surface area contributed by atoms with Gasteiger partial charge >= 0.3 is 0 Å². The summed E-state index contributed by atoms with van der Waals surface area (Å²) in [6, 6.07) is 5.40. The van der Waals surface area contributed by atoms with Gasteiger partial charge in [0.05, 0.1) is 0 Å². The lowest BCUT2D eigenvalue weighted by atomic mass is 9.72. The summed E-state index contributed by atoms with van der Waals surface area (Å²) in [5.41, 5.74) is 4.05. The number of benzene rings is 1. The molecule has 1 fully saturated rings. The second kappa shape index (κ2) is 10.1. The van der Waals surface area contributed by atoms with Crippen molar-refractivity contribution in [2.24, 2.45) is 11.3 Å². The summed E-state index contributed by atoms with van der Waals surface area (Å²) in [4.78, 5) is 5.03. The Morgan fingerprint density at radius 1 is 1.11 bits per heavy atom. The minimum Gasteiger partial charge on any atom is -0.368 e. The molecule has 0 amide bonds. The third-order valence-electron chi connectivity index (χ3n) is 6.48. The van der Waals surface area contributed by atoms with Gasteiger partial charge in [0.15, 0.2) is 0 Å². The van der Waals surface area contributed by atoms with Crippen molar-refractivity contribution in [2.45, 2.75) is 59.8 Å². The molecule has 1 atom stereocenters. The average molecular weight is 409 g/mol. The summed E-state index contributed by atoms with van der Waals surface area (Å²) in [7, 11) is 0. The van der Waals surface area contributed by atoms with Crippen LogP contribution in [-0.2, 0) is 0 Å². The van der Waals surface area contributed by atoms with E-state index in [1.54, 1.807) is 12.1 Å². The molecule has 1 aliphatic carbocycles. The van der Waals surface area contributed by atoms with Crippen molar-refractivity contribution < 1.29 is 4.39 Å². The van der Waals surface area contributed by atoms with E-state index in [-0.39, 0.29) is 18.2 Å². The molecule has 0 spiro atoms. The smallest absolute Gasteiger partial charge is 0.123 e. The Bertz CT molecular complexity index is 657. The second-order valence-electron chi connectivity index (χ2n) is 9.41. The van der Waals surface area contributed by atoms with Gasteiger partial charge in [0.25, 0.3) is 0 Å². The molecule has 1 aliphatic heterocycles. The highest BCUT2D eigenvalue weighted by molar-refractivity contribution is 5.85. The van der Waals surface area contributed by atoms with Gasteiger partial charge in [0.2, 0.25) is 0 Å². The zero-order valence-electron chi connectivity index (χ0n) is 18.1. The number of allylic oxidation sites excluding steroid dienone is 2. The molecule has 1 heterocycles. The van der Waals surface area contributed by atoms with Gasteiger partial charge in [0.1, 0.15) is 5.82 Å². The van der Waals surface area contributed by atoms with E-state index < -0.39 is 0 Å². The fourth-order valence-electron chi connectivity index (χ4n) is 4.50. The standard InChI is InChI=1S/C24H37FN2.ClH/c1-5-6-13-26-14-16-27(17-15-26)23-12-11-21(25)18-22(23)19-7-9-20(10-8-19)24(2,3)4;/h7,11-12,18,20H,5-6,8-10,13-17H2,1-4H3;1H. The Kier molecular flexibility index (Phi) is 8.39. The number of unbranched alkanes of at least 4 members (excludes halogenated alkanes) is 1. The number of rotatable bonds is 5. The molecule has 1 saturated heterocycles. The van der Waals surface area contributed by atoms with Crippen molar-refractivity contribution in [2.75, 3.05) is 37.6 Å². The molecule has 0 saturated carbocycles. The third-order valence-corrected chi connectivity index (χ3v) is 6.48. The lowest BCUT2D eigenvalue weighted by Gasteiger charge is -2.38. The molecular formula is C24H38ClFN2. The number of anilines is 1. The summed E-state index contributed by atoms with van der Waals surface area (Å²) < 4.78 is 14.1. The van der Waals surface area contributed by atoms with Crippen LogP contribution in [0.4, 0.5) is 10.1 Å². The molecule has 3 rings (SSSR count). The van der Waals surface area contributed by atoms with Crippen LogP contribution in [0.25, 0.3) is 5.57 Å². The van der Waals surface area contributed by atoms with Crippen LogP contribution in [0.1, 0.15) is 65.4 Å². The molecule has 1 aromatic carbocycles. The summed E-state index contributed by atoms with van der Waals surface area (Å²) in [6.45, 7) is 14.8. The minimum absolute atomic E-state index is 0. The zero-order chi connectivity index (χ0) is 19.4. The highest BCUT2D eigenvalue weighted by Gasteiger charge is 2.28. The molecule has 2 nitrogen and oxygen atoms in total. The van der Waals surface area contributed by atoms with Crippen LogP contribution >= 0.6 is 12.4 Å². The van der Waals surface area contributed by atoms with Gasteiger partial charge < -0.3 is 4.90 Å². The van der Waals surface area contributed by atoms with E-state index in [9.17, 15) is 4.39 Å². The molecule has 0 N–H and O–H groups in total. The van der Waals surface area contributed by atoms with E-state index in [1.807, 2.05) is 6.07 Å². The fourth-order valence-corrected chi connectivity index (χ4v) is 4.50. The van der Waals surface area contributed by atoms with Crippen LogP contribution in [-0.4, -0.2) is 37.6 Å². The summed E-state index contributed by atoms with van der Waals surface area (Å²) in [5, 5.41) is 0. The maximum Gasteiger partial charge on any atom is 0.123 e. The Balaban J connectivity index is 0.00000280. The Morgan fingerprint density at radius 2 is 1.82 bits per heavy atom. The monoisotopic (exact) mass is 408 g/mol. The van der Waals surface area contributed by atoms with Gasteiger partial charge in [-0.15, -0.1) is 12.4 Å². The highest BCUT2D eigenvalue weighted by Crippen LogP contribution is 2.41. The number of hydrogen-bond donors (Lipinski definition) is 0. The van der Waals surface area contributed by atoms with Crippen LogP contribution in [0.5, 0.6) is 0 Å². The summed E-state index contributed by atoms with van der Waals surface area (Å²) in [5.74, 6) is 0.606. The van der Waals surface area contributed by atoms with Gasteiger partial charge in [-0.1, -0.05) is 40.2 Å². The largest absolute Gasteiger partial charge is 0.368 e. The Hall–Kier alpha value is -1.06. The first-order chi connectivity index (χ1) is 12.9. The molecular weight excluding hydrogens is 371 g/mol. The number of nitrogens with zero attached hydrogens (tertiary/aromatic N) is 2. The van der Waals surface area contributed by atoms with Crippen molar-refractivity contribution in [1.29, 1.82) is 0 Å². The first-order valence-electron chi connectivity index (χ1n) is 10.8. The normalized spacial score (nSPS) is 21.2. The first-order valence-corrected chi connectivity index (χ1v) is 10.8. The van der Waals surface area contributed by atoms with Gasteiger partial charge in [0, 0.05) is 37.4 Å². The third kappa shape index (κ3) is 5.73. The maximum absolute atomic E-state index is 14.1. The molecule has 1 unspecified atom stereocenters. The summed E-state index contributed by atoms with van der Waals surface area (Å²) >= 11 is 0. The van der Waals surface area contributed by atoms with E-state index in [0.29, 0.717) is 5.41 Å². The van der Waals surface area contributed by atoms with E-state index in [4.69, 9.17) is 0 Å². The topological polar surface area (TPSA) is 6.48 Å². The highest BCUT2D eigenvalue weighted by atomic mass is 35.5. The molecule has 1 aromatic rings. The van der Waals surface area contributed by atoms with Crippen LogP contribution in [0.3, 0.4) is 0 Å². The van der Waals surface area contributed by atoms with Crippen molar-refractivity contribution >= 4 is 23.7 Å². The van der Waals surface area contributed by atoms with E-state index in [1.165, 1.54) is 37.1 Å². The van der Waals surface area contributed by atoms with Crippen LogP contribution in [0.15, 0.2) is 24.3 Å². The molecule has 0 aromatic heterocycles. The van der Waals surface area contributed by atoms with E-state index in [2.05, 4.69) is 43.6 Å². The predicted molar refractivity (Wildman–Crippen MR) is 122 cm³/mol. The second-order valence-corrected chi connectivity index (χ2v) is 9.41. The Labute approximate surface area is 177 Å².